The van der Waals surface area contributed by atoms with Crippen molar-refractivity contribution in [2.45, 2.75) is 45.1 Å². The molecule has 108 valence electrons. The van der Waals surface area contributed by atoms with E-state index in [1.165, 1.54) is 24.2 Å². The number of carbonyl (C=O) groups excluding carboxylic acids is 1. The van der Waals surface area contributed by atoms with Gasteiger partial charge in [-0.05, 0) is 36.6 Å². The maximum atomic E-state index is 12.2. The van der Waals surface area contributed by atoms with Gasteiger partial charge in [0.25, 0.3) is 5.91 Å². The molecule has 0 radical (unpaired) electrons. The fourth-order valence-corrected chi connectivity index (χ4v) is 2.63. The maximum absolute atomic E-state index is 12.2. The summed E-state index contributed by atoms with van der Waals surface area (Å²) >= 11 is 1.40. The number of hydrogen-bond acceptors (Lipinski definition) is 3. The van der Waals surface area contributed by atoms with Gasteiger partial charge in [-0.2, -0.15) is 0 Å². The summed E-state index contributed by atoms with van der Waals surface area (Å²) in [5.41, 5.74) is 0. The maximum Gasteiger partial charge on any atom is 0.266 e. The van der Waals surface area contributed by atoms with Crippen molar-refractivity contribution in [3.63, 3.8) is 0 Å². The number of thiophene rings is 1. The van der Waals surface area contributed by atoms with E-state index in [2.05, 4.69) is 18.2 Å². The van der Waals surface area contributed by atoms with Crippen LogP contribution in [0.5, 0.6) is 5.75 Å². The molecule has 0 aliphatic heterocycles. The Morgan fingerprint density at radius 1 is 1.65 bits per heavy atom. The van der Waals surface area contributed by atoms with E-state index in [4.69, 9.17) is 11.2 Å². The topological polar surface area (TPSA) is 38.3 Å². The van der Waals surface area contributed by atoms with Crippen LogP contribution in [-0.4, -0.2) is 18.6 Å². The Hall–Kier alpha value is -1.47. The van der Waals surface area contributed by atoms with Crippen molar-refractivity contribution in [3.05, 3.63) is 16.3 Å². The molecular weight excluding hydrogens is 270 g/mol. The Morgan fingerprint density at radius 2 is 2.45 bits per heavy atom. The highest BCUT2D eigenvalue weighted by molar-refractivity contribution is 7.12. The van der Waals surface area contributed by atoms with Gasteiger partial charge in [0, 0.05) is 0 Å². The fourth-order valence-electron chi connectivity index (χ4n) is 1.90. The highest BCUT2D eigenvalue weighted by atomic mass is 32.1. The van der Waals surface area contributed by atoms with Gasteiger partial charge in [0.2, 0.25) is 0 Å². The van der Waals surface area contributed by atoms with Crippen LogP contribution >= 0.6 is 11.3 Å². The zero-order valence-electron chi connectivity index (χ0n) is 11.9. The van der Waals surface area contributed by atoms with E-state index in [0.29, 0.717) is 23.2 Å². The van der Waals surface area contributed by atoms with E-state index in [1.54, 1.807) is 0 Å². The highest BCUT2D eigenvalue weighted by Crippen LogP contribution is 2.31. The van der Waals surface area contributed by atoms with Crippen molar-refractivity contribution in [1.29, 1.82) is 0 Å². The lowest BCUT2D eigenvalue weighted by molar-refractivity contribution is 0.0944. The van der Waals surface area contributed by atoms with Crippen LogP contribution in [0.1, 0.15) is 48.7 Å². The second kappa shape index (κ2) is 7.35. The van der Waals surface area contributed by atoms with Gasteiger partial charge < -0.3 is 10.1 Å². The van der Waals surface area contributed by atoms with Crippen molar-refractivity contribution in [1.82, 2.24) is 5.32 Å². The van der Waals surface area contributed by atoms with Gasteiger partial charge in [-0.1, -0.05) is 25.7 Å². The van der Waals surface area contributed by atoms with Crippen LogP contribution in [0.3, 0.4) is 0 Å². The number of hydrogen-bond donors (Lipinski definition) is 1. The summed E-state index contributed by atoms with van der Waals surface area (Å²) in [6.07, 6.45) is 10.9. The summed E-state index contributed by atoms with van der Waals surface area (Å²) in [7, 11) is 0. The number of unbranched alkanes of at least 4 members (excludes halogenated alkanes) is 1. The van der Waals surface area contributed by atoms with Gasteiger partial charge in [0.05, 0.1) is 12.6 Å². The van der Waals surface area contributed by atoms with Crippen molar-refractivity contribution >= 4 is 17.2 Å². The first-order valence-corrected chi connectivity index (χ1v) is 8.09. The first kappa shape index (κ1) is 14.9. The van der Waals surface area contributed by atoms with Gasteiger partial charge >= 0.3 is 0 Å². The second-order valence-corrected chi connectivity index (χ2v) is 6.12. The van der Waals surface area contributed by atoms with Crippen LogP contribution in [0.15, 0.2) is 11.4 Å². The molecule has 1 heterocycles. The molecule has 1 unspecified atom stereocenters. The molecule has 1 aliphatic rings. The zero-order valence-corrected chi connectivity index (χ0v) is 12.7. The summed E-state index contributed by atoms with van der Waals surface area (Å²) < 4.78 is 5.72. The minimum Gasteiger partial charge on any atom is -0.492 e. The van der Waals surface area contributed by atoms with E-state index in [0.717, 1.165) is 19.3 Å². The van der Waals surface area contributed by atoms with Gasteiger partial charge in [0.1, 0.15) is 10.6 Å². The predicted molar refractivity (Wildman–Crippen MR) is 82.2 cm³/mol. The average molecular weight is 291 g/mol. The van der Waals surface area contributed by atoms with Gasteiger partial charge in [-0.15, -0.1) is 17.8 Å². The molecule has 1 saturated carbocycles. The predicted octanol–water partition coefficient (Wildman–Crippen LogP) is 3.46. The summed E-state index contributed by atoms with van der Waals surface area (Å²) in [4.78, 5) is 12.9. The van der Waals surface area contributed by atoms with Crippen LogP contribution in [0.2, 0.25) is 0 Å². The Labute approximate surface area is 124 Å². The van der Waals surface area contributed by atoms with E-state index < -0.39 is 0 Å². The first-order valence-electron chi connectivity index (χ1n) is 7.21. The Balaban J connectivity index is 1.90. The highest BCUT2D eigenvalue weighted by Gasteiger charge is 2.24. The Kier molecular flexibility index (Phi) is 5.49. The fraction of sp³-hybridized carbons (Fsp3) is 0.562. The molecule has 1 aliphatic carbocycles. The quantitative estimate of drug-likeness (QED) is 0.745. The summed E-state index contributed by atoms with van der Waals surface area (Å²) in [5, 5.41) is 4.79. The number of rotatable bonds is 8. The monoisotopic (exact) mass is 291 g/mol. The summed E-state index contributed by atoms with van der Waals surface area (Å²) in [6, 6.07) is 1.67. The van der Waals surface area contributed by atoms with Crippen LogP contribution in [0.25, 0.3) is 0 Å². The smallest absolute Gasteiger partial charge is 0.266 e. The molecular formula is C16H21NO2S. The minimum absolute atomic E-state index is 0.121. The number of carbonyl (C=O) groups is 1. The molecule has 0 spiro atoms. The van der Waals surface area contributed by atoms with E-state index >= 15 is 0 Å². The molecule has 0 saturated heterocycles. The van der Waals surface area contributed by atoms with Crippen molar-refractivity contribution < 1.29 is 9.53 Å². The van der Waals surface area contributed by atoms with Crippen LogP contribution in [0, 0.1) is 18.3 Å². The van der Waals surface area contributed by atoms with Crippen LogP contribution in [-0.2, 0) is 0 Å². The molecule has 1 aromatic heterocycles. The standard InChI is InChI=1S/C16H21NO2S/c1-3-5-6-13(4-2)17-16(18)15-14(9-10-20-15)19-11-12-7-8-12/h2,9-10,12-13H,3,5-8,11H2,1H3,(H,17,18). The third kappa shape index (κ3) is 4.28. The molecule has 3 nitrogen and oxygen atoms in total. The van der Waals surface area contributed by atoms with E-state index in [1.807, 2.05) is 11.4 Å². The Bertz CT molecular complexity index is 485. The van der Waals surface area contributed by atoms with Crippen molar-refractivity contribution in [2.75, 3.05) is 6.61 Å². The first-order chi connectivity index (χ1) is 9.74. The zero-order chi connectivity index (χ0) is 14.4. The molecule has 1 fully saturated rings. The van der Waals surface area contributed by atoms with Crippen molar-refractivity contribution in [3.8, 4) is 18.1 Å². The lowest BCUT2D eigenvalue weighted by Gasteiger charge is -2.13. The van der Waals surface area contributed by atoms with Gasteiger partial charge in [-0.25, -0.2) is 0 Å². The molecule has 1 amide bonds. The third-order valence-electron chi connectivity index (χ3n) is 3.36. The average Bonchev–Trinajstić information content (AvgIpc) is 3.17. The SMILES string of the molecule is C#CC(CCCC)NC(=O)c1sccc1OCC1CC1. The van der Waals surface area contributed by atoms with Gasteiger partial charge in [-0.3, -0.25) is 4.79 Å². The number of terminal acetylenes is 1. The number of ether oxygens (including phenoxy) is 1. The van der Waals surface area contributed by atoms with Crippen molar-refractivity contribution in [2.24, 2.45) is 5.92 Å². The second-order valence-electron chi connectivity index (χ2n) is 5.20. The molecule has 0 bridgehead atoms. The summed E-state index contributed by atoms with van der Waals surface area (Å²) in [5.74, 6) is 3.88. The van der Waals surface area contributed by atoms with E-state index in [-0.39, 0.29) is 11.9 Å². The summed E-state index contributed by atoms with van der Waals surface area (Å²) in [6.45, 7) is 2.82. The Morgan fingerprint density at radius 3 is 3.10 bits per heavy atom. The van der Waals surface area contributed by atoms with Gasteiger partial charge in [0.15, 0.2) is 0 Å². The normalized spacial score (nSPS) is 15.4. The molecule has 1 N–H and O–H groups in total. The lowest BCUT2D eigenvalue weighted by atomic mass is 10.1. The molecule has 2 rings (SSSR count). The minimum atomic E-state index is -0.194. The molecule has 0 aromatic carbocycles. The van der Waals surface area contributed by atoms with Crippen LogP contribution < -0.4 is 10.1 Å². The third-order valence-corrected chi connectivity index (χ3v) is 4.25. The molecule has 4 heteroatoms. The largest absolute Gasteiger partial charge is 0.492 e. The lowest BCUT2D eigenvalue weighted by Crippen LogP contribution is -2.33. The number of nitrogens with one attached hydrogen (secondary N) is 1. The molecule has 20 heavy (non-hydrogen) atoms. The van der Waals surface area contributed by atoms with E-state index in [9.17, 15) is 4.79 Å². The van der Waals surface area contributed by atoms with Crippen LogP contribution in [0.4, 0.5) is 0 Å². The number of amides is 1. The molecule has 1 atom stereocenters. The molecule has 1 aromatic rings.